The summed E-state index contributed by atoms with van der Waals surface area (Å²) in [6.45, 7) is 0. The fraction of sp³-hybridized carbons (Fsp3) is 0. The molecule has 0 aliphatic rings. The molecule has 8 aromatic carbocycles. The summed E-state index contributed by atoms with van der Waals surface area (Å²) in [5, 5.41) is 10.6. The number of hydrogen-bond donors (Lipinski definition) is 0. The first-order valence-electron chi connectivity index (χ1n) is 14.3. The van der Waals surface area contributed by atoms with E-state index in [2.05, 4.69) is 170 Å². The van der Waals surface area contributed by atoms with Crippen molar-refractivity contribution in [1.29, 1.82) is 0 Å². The third-order valence-electron chi connectivity index (χ3n) is 8.77. The monoisotopic (exact) mass is 628 g/mol. The van der Waals surface area contributed by atoms with Gasteiger partial charge in [-0.3, -0.25) is 0 Å². The van der Waals surface area contributed by atoms with Crippen molar-refractivity contribution in [3.63, 3.8) is 0 Å². The van der Waals surface area contributed by atoms with Crippen LogP contribution in [-0.2, 0) is 0 Å². The van der Waals surface area contributed by atoms with Gasteiger partial charge in [0.25, 0.3) is 0 Å². The standard InChI is InChI=1S/4C10H7.Sn/c4*1-2-6-10-8-4-3-7-9(10)5-1;/h4*1-7H;. The van der Waals surface area contributed by atoms with Crippen LogP contribution in [0.25, 0.3) is 43.1 Å². The summed E-state index contributed by atoms with van der Waals surface area (Å²) in [5.74, 6) is 0. The molecule has 192 valence electrons. The summed E-state index contributed by atoms with van der Waals surface area (Å²) >= 11 is -4.16. The van der Waals surface area contributed by atoms with Crippen LogP contribution in [0.15, 0.2) is 170 Å². The topological polar surface area (TPSA) is 0 Å². The maximum atomic E-state index is 2.45. The van der Waals surface area contributed by atoms with E-state index < -0.39 is 18.4 Å². The maximum absolute atomic E-state index is 4.16. The molecule has 0 saturated heterocycles. The first kappa shape index (κ1) is 24.4. The Morgan fingerprint density at radius 2 is 0.439 bits per heavy atom. The molecule has 0 N–H and O–H groups in total. The SMILES string of the molecule is c1ccc2[c]([Sn]([c]3cccc4ccccc34)([c]3cccc4ccccc34)[c]3cccc4ccccc34)cccc2c1. The molecule has 0 aromatic heterocycles. The van der Waals surface area contributed by atoms with E-state index in [0.717, 1.165) is 0 Å². The van der Waals surface area contributed by atoms with E-state index in [1.54, 1.807) is 0 Å². The molecule has 8 rings (SSSR count). The summed E-state index contributed by atoms with van der Waals surface area (Å²) in [6, 6.07) is 63.9. The first-order chi connectivity index (χ1) is 20.4. The van der Waals surface area contributed by atoms with Crippen LogP contribution < -0.4 is 14.3 Å². The van der Waals surface area contributed by atoms with Crippen LogP contribution in [0.5, 0.6) is 0 Å². The molecule has 0 saturated carbocycles. The van der Waals surface area contributed by atoms with Crippen molar-refractivity contribution in [2.24, 2.45) is 0 Å². The second-order valence-corrected chi connectivity index (χ2v) is 21.3. The molecule has 0 bridgehead atoms. The molecule has 0 atom stereocenters. The zero-order valence-electron chi connectivity index (χ0n) is 22.7. The predicted molar refractivity (Wildman–Crippen MR) is 180 cm³/mol. The third kappa shape index (κ3) is 3.74. The molecule has 0 amide bonds. The Hall–Kier alpha value is -4.40. The van der Waals surface area contributed by atoms with Gasteiger partial charge in [-0.25, -0.2) is 0 Å². The average Bonchev–Trinajstić information content (AvgIpc) is 3.05. The molecule has 0 nitrogen and oxygen atoms in total. The molecule has 0 aliphatic heterocycles. The molecule has 0 fully saturated rings. The Bertz CT molecular complexity index is 1880. The number of rotatable bonds is 4. The van der Waals surface area contributed by atoms with Crippen LogP contribution in [0.1, 0.15) is 0 Å². The van der Waals surface area contributed by atoms with Crippen LogP contribution in [0, 0.1) is 0 Å². The van der Waals surface area contributed by atoms with Crippen molar-refractivity contribution in [3.8, 4) is 0 Å². The van der Waals surface area contributed by atoms with Gasteiger partial charge in [0.15, 0.2) is 0 Å². The van der Waals surface area contributed by atoms with Crippen molar-refractivity contribution in [2.75, 3.05) is 0 Å². The van der Waals surface area contributed by atoms with E-state index in [9.17, 15) is 0 Å². The van der Waals surface area contributed by atoms with Gasteiger partial charge in [-0.2, -0.15) is 0 Å². The van der Waals surface area contributed by atoms with Crippen molar-refractivity contribution >= 4 is 75.8 Å². The van der Waals surface area contributed by atoms with Crippen molar-refractivity contribution in [2.45, 2.75) is 0 Å². The molecule has 0 heterocycles. The summed E-state index contributed by atoms with van der Waals surface area (Å²) in [6.07, 6.45) is 0. The average molecular weight is 627 g/mol. The molecular formula is C40H28Sn. The first-order valence-corrected chi connectivity index (χ1v) is 20.0. The van der Waals surface area contributed by atoms with Gasteiger partial charge < -0.3 is 0 Å². The van der Waals surface area contributed by atoms with Gasteiger partial charge in [0.2, 0.25) is 0 Å². The van der Waals surface area contributed by atoms with Crippen LogP contribution >= 0.6 is 0 Å². The molecule has 0 aliphatic carbocycles. The second kappa shape index (κ2) is 9.90. The molecular weight excluding hydrogens is 599 g/mol. The van der Waals surface area contributed by atoms with Crippen LogP contribution in [-0.4, -0.2) is 18.4 Å². The summed E-state index contributed by atoms with van der Waals surface area (Å²) < 4.78 is 6.01. The second-order valence-electron chi connectivity index (χ2n) is 10.9. The minimum atomic E-state index is -4.16. The zero-order valence-corrected chi connectivity index (χ0v) is 25.5. The zero-order chi connectivity index (χ0) is 27.2. The van der Waals surface area contributed by atoms with Gasteiger partial charge in [0.05, 0.1) is 0 Å². The third-order valence-corrected chi connectivity index (χ3v) is 23.0. The Morgan fingerprint density at radius 1 is 0.220 bits per heavy atom. The van der Waals surface area contributed by atoms with Gasteiger partial charge in [0, 0.05) is 0 Å². The summed E-state index contributed by atoms with van der Waals surface area (Å²) in [5.41, 5.74) is 0. The molecule has 8 aromatic rings. The van der Waals surface area contributed by atoms with E-state index in [0.29, 0.717) is 0 Å². The van der Waals surface area contributed by atoms with E-state index >= 15 is 0 Å². The molecule has 0 spiro atoms. The van der Waals surface area contributed by atoms with Crippen LogP contribution in [0.3, 0.4) is 0 Å². The Labute approximate surface area is 244 Å². The van der Waals surface area contributed by atoms with Crippen molar-refractivity contribution in [3.05, 3.63) is 170 Å². The molecule has 1 heteroatoms. The van der Waals surface area contributed by atoms with Crippen molar-refractivity contribution < 1.29 is 0 Å². The van der Waals surface area contributed by atoms with Gasteiger partial charge >= 0.3 is 246 Å². The van der Waals surface area contributed by atoms with Crippen LogP contribution in [0.4, 0.5) is 0 Å². The van der Waals surface area contributed by atoms with Gasteiger partial charge in [-0.05, 0) is 0 Å². The molecule has 0 unspecified atom stereocenters. The van der Waals surface area contributed by atoms with Crippen LogP contribution in [0.2, 0.25) is 0 Å². The summed E-state index contributed by atoms with van der Waals surface area (Å²) in [7, 11) is 0. The van der Waals surface area contributed by atoms with E-state index in [1.165, 1.54) is 57.4 Å². The van der Waals surface area contributed by atoms with E-state index in [1.807, 2.05) is 0 Å². The quantitative estimate of drug-likeness (QED) is 0.176. The Balaban J connectivity index is 1.70. The van der Waals surface area contributed by atoms with Gasteiger partial charge in [0.1, 0.15) is 0 Å². The predicted octanol–water partition coefficient (Wildman–Crippen LogP) is 7.68. The number of hydrogen-bond acceptors (Lipinski definition) is 0. The Kier molecular flexibility index (Phi) is 5.89. The fourth-order valence-corrected chi connectivity index (χ4v) is 23.2. The van der Waals surface area contributed by atoms with Crippen molar-refractivity contribution in [1.82, 2.24) is 0 Å². The van der Waals surface area contributed by atoms with Gasteiger partial charge in [-0.1, -0.05) is 0 Å². The van der Waals surface area contributed by atoms with Gasteiger partial charge in [-0.15, -0.1) is 0 Å². The number of fused-ring (bicyclic) bond motifs is 4. The van der Waals surface area contributed by atoms with E-state index in [4.69, 9.17) is 0 Å². The number of benzene rings is 8. The van der Waals surface area contributed by atoms with E-state index in [-0.39, 0.29) is 0 Å². The summed E-state index contributed by atoms with van der Waals surface area (Å²) in [4.78, 5) is 0. The minimum absolute atomic E-state index is 1.30. The Morgan fingerprint density at radius 3 is 0.707 bits per heavy atom. The fourth-order valence-electron chi connectivity index (χ4n) is 7.08. The molecule has 0 radical (unpaired) electrons. The molecule has 41 heavy (non-hydrogen) atoms. The normalized spacial score (nSPS) is 11.9.